The van der Waals surface area contributed by atoms with Crippen molar-refractivity contribution in [1.29, 1.82) is 0 Å². The standard InChI is InChI=1S/C13H11N3O3S/c14-13(17)12-9-3-1-2-4-10(9)16-7-8(20(15,18)19)5-6-11(12)16/h1-7H,(H2,14,17)(H2,15,18,19). The Balaban J connectivity index is 2.54. The van der Waals surface area contributed by atoms with Gasteiger partial charge in [0.05, 0.1) is 21.5 Å². The molecule has 2 heterocycles. The molecule has 3 rings (SSSR count). The highest BCUT2D eigenvalue weighted by molar-refractivity contribution is 7.89. The number of primary amides is 1. The third-order valence-electron chi connectivity index (χ3n) is 3.19. The highest BCUT2D eigenvalue weighted by atomic mass is 32.2. The molecule has 0 spiro atoms. The van der Waals surface area contributed by atoms with Crippen LogP contribution in [0.15, 0.2) is 47.5 Å². The Morgan fingerprint density at radius 1 is 1.05 bits per heavy atom. The molecule has 0 atom stereocenters. The zero-order chi connectivity index (χ0) is 14.5. The first-order chi connectivity index (χ1) is 9.39. The van der Waals surface area contributed by atoms with Crippen molar-refractivity contribution in [1.82, 2.24) is 4.40 Å². The predicted molar refractivity (Wildman–Crippen MR) is 74.8 cm³/mol. The summed E-state index contributed by atoms with van der Waals surface area (Å²) in [5.74, 6) is -0.563. The Morgan fingerprint density at radius 2 is 1.75 bits per heavy atom. The summed E-state index contributed by atoms with van der Waals surface area (Å²) >= 11 is 0. The highest BCUT2D eigenvalue weighted by Crippen LogP contribution is 2.27. The summed E-state index contributed by atoms with van der Waals surface area (Å²) in [6.45, 7) is 0. The van der Waals surface area contributed by atoms with Crippen LogP contribution in [0.1, 0.15) is 10.4 Å². The molecule has 2 aromatic heterocycles. The maximum atomic E-state index is 11.6. The van der Waals surface area contributed by atoms with E-state index in [9.17, 15) is 13.2 Å². The average Bonchev–Trinajstić information content (AvgIpc) is 2.71. The van der Waals surface area contributed by atoms with Gasteiger partial charge in [-0.2, -0.15) is 0 Å². The number of sulfonamides is 1. The lowest BCUT2D eigenvalue weighted by molar-refractivity contribution is 0.100. The van der Waals surface area contributed by atoms with Crippen molar-refractivity contribution in [3.8, 4) is 0 Å². The maximum absolute atomic E-state index is 11.6. The van der Waals surface area contributed by atoms with Gasteiger partial charge in [-0.3, -0.25) is 4.79 Å². The van der Waals surface area contributed by atoms with E-state index in [4.69, 9.17) is 10.9 Å². The van der Waals surface area contributed by atoms with Crippen LogP contribution in [0.3, 0.4) is 0 Å². The molecular formula is C13H11N3O3S. The first-order valence-corrected chi connectivity index (χ1v) is 7.29. The summed E-state index contributed by atoms with van der Waals surface area (Å²) in [6, 6.07) is 10.0. The van der Waals surface area contributed by atoms with Gasteiger partial charge in [0, 0.05) is 11.6 Å². The molecule has 6 nitrogen and oxygen atoms in total. The Hall–Kier alpha value is -2.38. The Bertz CT molecular complexity index is 958. The van der Waals surface area contributed by atoms with Crippen molar-refractivity contribution < 1.29 is 13.2 Å². The molecule has 3 aromatic rings. The lowest BCUT2D eigenvalue weighted by Crippen LogP contribution is -2.13. The fourth-order valence-corrected chi connectivity index (χ4v) is 2.85. The monoisotopic (exact) mass is 289 g/mol. The van der Waals surface area contributed by atoms with E-state index in [2.05, 4.69) is 0 Å². The van der Waals surface area contributed by atoms with Gasteiger partial charge in [-0.1, -0.05) is 18.2 Å². The van der Waals surface area contributed by atoms with E-state index in [1.807, 2.05) is 0 Å². The van der Waals surface area contributed by atoms with Gasteiger partial charge in [0.2, 0.25) is 10.0 Å². The van der Waals surface area contributed by atoms with Crippen molar-refractivity contribution in [3.63, 3.8) is 0 Å². The number of nitrogens with two attached hydrogens (primary N) is 2. The quantitative estimate of drug-likeness (QED) is 0.729. The average molecular weight is 289 g/mol. The van der Waals surface area contributed by atoms with Crippen molar-refractivity contribution in [2.45, 2.75) is 4.90 Å². The van der Waals surface area contributed by atoms with Crippen LogP contribution in [-0.2, 0) is 10.0 Å². The Labute approximate surface area is 114 Å². The summed E-state index contributed by atoms with van der Waals surface area (Å²) in [7, 11) is -3.81. The number of carbonyl (C=O) groups is 1. The fraction of sp³-hybridized carbons (Fsp3) is 0. The molecule has 7 heteroatoms. The second-order valence-corrected chi connectivity index (χ2v) is 5.98. The topological polar surface area (TPSA) is 108 Å². The highest BCUT2D eigenvalue weighted by Gasteiger charge is 2.17. The van der Waals surface area contributed by atoms with Crippen LogP contribution in [0.2, 0.25) is 0 Å². The normalized spacial score (nSPS) is 12.1. The number of nitrogens with zero attached hydrogens (tertiary/aromatic N) is 1. The molecule has 0 aliphatic carbocycles. The van der Waals surface area contributed by atoms with Crippen molar-refractivity contribution >= 4 is 32.4 Å². The number of fused-ring (bicyclic) bond motifs is 3. The first kappa shape index (κ1) is 12.6. The Morgan fingerprint density at radius 3 is 2.40 bits per heavy atom. The summed E-state index contributed by atoms with van der Waals surface area (Å²) in [5, 5.41) is 5.80. The minimum absolute atomic E-state index is 0.0261. The molecule has 0 bridgehead atoms. The van der Waals surface area contributed by atoms with Crippen molar-refractivity contribution in [3.05, 3.63) is 48.2 Å². The fourth-order valence-electron chi connectivity index (χ4n) is 2.34. The molecule has 0 aliphatic heterocycles. The molecule has 1 aromatic carbocycles. The van der Waals surface area contributed by atoms with Gasteiger partial charge < -0.3 is 10.1 Å². The van der Waals surface area contributed by atoms with Gasteiger partial charge in [0.25, 0.3) is 5.91 Å². The molecule has 0 saturated carbocycles. The molecule has 1 amide bonds. The molecule has 0 fully saturated rings. The predicted octanol–water partition coefficient (Wildman–Crippen LogP) is 0.839. The smallest absolute Gasteiger partial charge is 0.251 e. The number of hydrogen-bond acceptors (Lipinski definition) is 3. The number of primary sulfonamides is 1. The molecular weight excluding hydrogens is 278 g/mol. The SMILES string of the molecule is NC(=O)c1c2ccccc2n2cc(S(N)(=O)=O)ccc12. The number of para-hydroxylation sites is 1. The zero-order valence-corrected chi connectivity index (χ0v) is 11.1. The number of hydrogen-bond donors (Lipinski definition) is 2. The molecule has 0 aliphatic rings. The summed E-state index contributed by atoms with van der Waals surface area (Å²) < 4.78 is 24.5. The Kier molecular flexibility index (Phi) is 2.56. The van der Waals surface area contributed by atoms with Gasteiger partial charge in [0.1, 0.15) is 0 Å². The number of carbonyl (C=O) groups excluding carboxylic acids is 1. The summed E-state index contributed by atoms with van der Waals surface area (Å²) in [5.41, 5.74) is 7.03. The third kappa shape index (κ3) is 1.75. The van der Waals surface area contributed by atoms with Crippen LogP contribution >= 0.6 is 0 Å². The number of amides is 1. The van der Waals surface area contributed by atoms with Crippen molar-refractivity contribution in [2.75, 3.05) is 0 Å². The minimum Gasteiger partial charge on any atom is -0.366 e. The maximum Gasteiger partial charge on any atom is 0.251 e. The zero-order valence-electron chi connectivity index (χ0n) is 10.3. The van der Waals surface area contributed by atoms with E-state index < -0.39 is 15.9 Å². The van der Waals surface area contributed by atoms with Crippen LogP contribution in [0.5, 0.6) is 0 Å². The lowest BCUT2D eigenvalue weighted by Gasteiger charge is -2.01. The summed E-state index contributed by atoms with van der Waals surface area (Å²) in [4.78, 5) is 11.6. The molecule has 0 unspecified atom stereocenters. The van der Waals surface area contributed by atoms with Crippen LogP contribution < -0.4 is 10.9 Å². The van der Waals surface area contributed by atoms with E-state index >= 15 is 0 Å². The van der Waals surface area contributed by atoms with Crippen LogP contribution in [0, 0.1) is 0 Å². The minimum atomic E-state index is -3.81. The van der Waals surface area contributed by atoms with Gasteiger partial charge in [-0.05, 0) is 18.2 Å². The molecule has 0 radical (unpaired) electrons. The molecule has 20 heavy (non-hydrogen) atoms. The molecule has 0 saturated heterocycles. The van der Waals surface area contributed by atoms with E-state index in [1.54, 1.807) is 28.7 Å². The van der Waals surface area contributed by atoms with Gasteiger partial charge in [0.15, 0.2) is 0 Å². The van der Waals surface area contributed by atoms with Gasteiger partial charge in [-0.25, -0.2) is 13.6 Å². The summed E-state index contributed by atoms with van der Waals surface area (Å²) in [6.07, 6.45) is 1.39. The van der Waals surface area contributed by atoms with E-state index in [-0.39, 0.29) is 4.90 Å². The number of aromatic nitrogens is 1. The number of benzene rings is 1. The first-order valence-electron chi connectivity index (χ1n) is 5.75. The number of pyridine rings is 1. The second-order valence-electron chi connectivity index (χ2n) is 4.42. The second kappa shape index (κ2) is 4.06. The van der Waals surface area contributed by atoms with Crippen LogP contribution in [0.4, 0.5) is 0 Å². The lowest BCUT2D eigenvalue weighted by atomic mass is 10.1. The van der Waals surface area contributed by atoms with E-state index in [0.29, 0.717) is 22.0 Å². The van der Waals surface area contributed by atoms with Crippen LogP contribution in [0.25, 0.3) is 16.4 Å². The molecule has 102 valence electrons. The van der Waals surface area contributed by atoms with Crippen molar-refractivity contribution in [2.24, 2.45) is 10.9 Å². The van der Waals surface area contributed by atoms with E-state index in [1.165, 1.54) is 18.3 Å². The molecule has 4 N–H and O–H groups in total. The van der Waals surface area contributed by atoms with E-state index in [0.717, 1.165) is 0 Å². The number of rotatable bonds is 2. The van der Waals surface area contributed by atoms with Gasteiger partial charge >= 0.3 is 0 Å². The largest absolute Gasteiger partial charge is 0.366 e. The third-order valence-corrected chi connectivity index (χ3v) is 4.08. The van der Waals surface area contributed by atoms with Gasteiger partial charge in [-0.15, -0.1) is 0 Å². The van der Waals surface area contributed by atoms with Crippen LogP contribution in [-0.4, -0.2) is 18.7 Å².